The molecule has 4 heteroatoms. The monoisotopic (exact) mass is 263 g/mol. The van der Waals surface area contributed by atoms with Gasteiger partial charge in [-0.05, 0) is 31.0 Å². The zero-order valence-electron chi connectivity index (χ0n) is 11.4. The summed E-state index contributed by atoms with van der Waals surface area (Å²) in [6.07, 6.45) is 3.66. The molecule has 4 nitrogen and oxygen atoms in total. The molecule has 3 rings (SSSR count). The molecule has 104 valence electrons. The first-order chi connectivity index (χ1) is 9.40. The Morgan fingerprint density at radius 2 is 2.16 bits per heavy atom. The van der Waals surface area contributed by atoms with Gasteiger partial charge in [0.2, 0.25) is 0 Å². The fraction of sp³-hybridized carbons (Fsp3) is 0.600. The van der Waals surface area contributed by atoms with Crippen molar-refractivity contribution in [1.29, 1.82) is 0 Å². The van der Waals surface area contributed by atoms with Crippen LogP contribution in [0.4, 0.5) is 0 Å². The highest BCUT2D eigenvalue weighted by Gasteiger charge is 2.26. The normalized spacial score (nSPS) is 22.3. The lowest BCUT2D eigenvalue weighted by atomic mass is 9.92. The van der Waals surface area contributed by atoms with Gasteiger partial charge in [-0.3, -0.25) is 0 Å². The molecular formula is C15H21NO3. The molecule has 1 aromatic carbocycles. The number of nitrogens with one attached hydrogen (secondary N) is 1. The van der Waals surface area contributed by atoms with Gasteiger partial charge in [0.15, 0.2) is 11.5 Å². The third-order valence-electron chi connectivity index (χ3n) is 3.80. The second-order valence-corrected chi connectivity index (χ2v) is 5.10. The van der Waals surface area contributed by atoms with Gasteiger partial charge in [-0.25, -0.2) is 0 Å². The van der Waals surface area contributed by atoms with Crippen molar-refractivity contribution in [3.05, 3.63) is 23.3 Å². The molecule has 2 aliphatic heterocycles. The quantitative estimate of drug-likeness (QED) is 0.909. The van der Waals surface area contributed by atoms with Gasteiger partial charge in [0.25, 0.3) is 0 Å². The minimum Gasteiger partial charge on any atom is -0.486 e. The number of ether oxygens (including phenoxy) is 3. The highest BCUT2D eigenvalue weighted by molar-refractivity contribution is 5.53. The summed E-state index contributed by atoms with van der Waals surface area (Å²) in [6.45, 7) is 2.95. The zero-order valence-corrected chi connectivity index (χ0v) is 11.4. The minimum absolute atomic E-state index is 0.357. The minimum atomic E-state index is 0.357. The lowest BCUT2D eigenvalue weighted by molar-refractivity contribution is 0.162. The van der Waals surface area contributed by atoms with Gasteiger partial charge in [-0.15, -0.1) is 0 Å². The van der Waals surface area contributed by atoms with Crippen LogP contribution in [0.15, 0.2) is 12.1 Å². The van der Waals surface area contributed by atoms with Crippen molar-refractivity contribution >= 4 is 0 Å². The van der Waals surface area contributed by atoms with E-state index in [4.69, 9.17) is 14.2 Å². The average molecular weight is 263 g/mol. The van der Waals surface area contributed by atoms with E-state index < -0.39 is 0 Å². The Morgan fingerprint density at radius 3 is 2.95 bits per heavy atom. The first kappa shape index (κ1) is 12.8. The van der Waals surface area contributed by atoms with Crippen LogP contribution in [0.1, 0.15) is 36.4 Å². The summed E-state index contributed by atoms with van der Waals surface area (Å²) in [5.41, 5.74) is 2.44. The second-order valence-electron chi connectivity index (χ2n) is 5.10. The molecule has 1 N–H and O–H groups in total. The van der Waals surface area contributed by atoms with Crippen LogP contribution in [0.5, 0.6) is 11.5 Å². The van der Waals surface area contributed by atoms with Crippen LogP contribution in [0.25, 0.3) is 0 Å². The molecule has 1 saturated heterocycles. The average Bonchev–Trinajstić information content (AvgIpc) is 2.48. The van der Waals surface area contributed by atoms with Gasteiger partial charge in [-0.2, -0.15) is 0 Å². The highest BCUT2D eigenvalue weighted by Crippen LogP contribution is 2.41. The maximum atomic E-state index is 5.87. The molecule has 0 spiro atoms. The van der Waals surface area contributed by atoms with Crippen molar-refractivity contribution in [1.82, 2.24) is 5.32 Å². The standard InChI is InChI=1S/C15H21NO3/c1-17-10-11-5-6-13-15(19-9-8-18-13)14(11)12-4-2-3-7-16-12/h5-6,12,16H,2-4,7-10H2,1H3. The van der Waals surface area contributed by atoms with Crippen molar-refractivity contribution in [2.75, 3.05) is 26.9 Å². The van der Waals surface area contributed by atoms with E-state index in [1.54, 1.807) is 7.11 Å². The Bertz CT molecular complexity index is 441. The maximum absolute atomic E-state index is 5.87. The number of fused-ring (bicyclic) bond motifs is 1. The molecular weight excluding hydrogens is 242 g/mol. The Morgan fingerprint density at radius 1 is 1.26 bits per heavy atom. The summed E-state index contributed by atoms with van der Waals surface area (Å²) in [4.78, 5) is 0. The molecule has 1 atom stereocenters. The number of hydrogen-bond acceptors (Lipinski definition) is 4. The van der Waals surface area contributed by atoms with E-state index in [0.717, 1.165) is 24.5 Å². The van der Waals surface area contributed by atoms with Crippen LogP contribution < -0.4 is 14.8 Å². The summed E-state index contributed by atoms with van der Waals surface area (Å²) < 4.78 is 16.9. The van der Waals surface area contributed by atoms with Crippen LogP contribution in [0.2, 0.25) is 0 Å². The van der Waals surface area contributed by atoms with Crippen molar-refractivity contribution in [3.8, 4) is 11.5 Å². The topological polar surface area (TPSA) is 39.7 Å². The molecule has 1 fully saturated rings. The van der Waals surface area contributed by atoms with Crippen LogP contribution >= 0.6 is 0 Å². The SMILES string of the molecule is COCc1ccc2c(c1C1CCCCN1)OCCO2. The lowest BCUT2D eigenvalue weighted by Crippen LogP contribution is -2.29. The maximum Gasteiger partial charge on any atom is 0.166 e. The molecule has 0 saturated carbocycles. The number of rotatable bonds is 3. The number of hydrogen-bond donors (Lipinski definition) is 1. The largest absolute Gasteiger partial charge is 0.486 e. The van der Waals surface area contributed by atoms with Gasteiger partial charge in [0.05, 0.1) is 6.61 Å². The fourth-order valence-corrected chi connectivity index (χ4v) is 2.94. The van der Waals surface area contributed by atoms with Gasteiger partial charge in [0, 0.05) is 18.7 Å². The summed E-state index contributed by atoms with van der Waals surface area (Å²) >= 11 is 0. The summed E-state index contributed by atoms with van der Waals surface area (Å²) in [5.74, 6) is 1.79. The molecule has 0 radical (unpaired) electrons. The summed E-state index contributed by atoms with van der Waals surface area (Å²) in [7, 11) is 1.73. The van der Waals surface area contributed by atoms with Crippen LogP contribution in [0.3, 0.4) is 0 Å². The number of benzene rings is 1. The summed E-state index contributed by atoms with van der Waals surface area (Å²) in [6, 6.07) is 4.45. The predicted octanol–water partition coefficient (Wildman–Crippen LogP) is 2.42. The molecule has 19 heavy (non-hydrogen) atoms. The Balaban J connectivity index is 2.01. The molecule has 0 bridgehead atoms. The third-order valence-corrected chi connectivity index (χ3v) is 3.80. The number of methoxy groups -OCH3 is 1. The first-order valence-electron chi connectivity index (χ1n) is 7.04. The molecule has 2 aliphatic rings. The van der Waals surface area contributed by atoms with Crippen molar-refractivity contribution < 1.29 is 14.2 Å². The van der Waals surface area contributed by atoms with Crippen LogP contribution in [-0.2, 0) is 11.3 Å². The molecule has 2 heterocycles. The van der Waals surface area contributed by atoms with E-state index in [2.05, 4.69) is 11.4 Å². The van der Waals surface area contributed by atoms with E-state index in [1.165, 1.54) is 24.0 Å². The van der Waals surface area contributed by atoms with Gasteiger partial charge in [0.1, 0.15) is 13.2 Å². The van der Waals surface area contributed by atoms with E-state index >= 15 is 0 Å². The molecule has 1 aromatic rings. The van der Waals surface area contributed by atoms with Gasteiger partial charge >= 0.3 is 0 Å². The van der Waals surface area contributed by atoms with E-state index in [-0.39, 0.29) is 0 Å². The molecule has 0 aliphatic carbocycles. The van der Waals surface area contributed by atoms with Crippen LogP contribution in [0, 0.1) is 0 Å². The molecule has 0 aromatic heterocycles. The zero-order chi connectivity index (χ0) is 13.1. The van der Waals surface area contributed by atoms with Crippen molar-refractivity contribution in [2.45, 2.75) is 31.9 Å². The van der Waals surface area contributed by atoms with E-state index in [1.807, 2.05) is 6.07 Å². The third kappa shape index (κ3) is 2.55. The van der Waals surface area contributed by atoms with Crippen molar-refractivity contribution in [3.63, 3.8) is 0 Å². The highest BCUT2D eigenvalue weighted by atomic mass is 16.6. The first-order valence-corrected chi connectivity index (χ1v) is 7.04. The Kier molecular flexibility index (Phi) is 3.89. The smallest absolute Gasteiger partial charge is 0.166 e. The van der Waals surface area contributed by atoms with E-state index in [9.17, 15) is 0 Å². The Labute approximate surface area is 114 Å². The van der Waals surface area contributed by atoms with Gasteiger partial charge < -0.3 is 19.5 Å². The molecule has 1 unspecified atom stereocenters. The van der Waals surface area contributed by atoms with Crippen LogP contribution in [-0.4, -0.2) is 26.9 Å². The predicted molar refractivity (Wildman–Crippen MR) is 72.7 cm³/mol. The van der Waals surface area contributed by atoms with Crippen molar-refractivity contribution in [2.24, 2.45) is 0 Å². The number of piperidine rings is 1. The van der Waals surface area contributed by atoms with E-state index in [0.29, 0.717) is 25.9 Å². The fourth-order valence-electron chi connectivity index (χ4n) is 2.94. The second kappa shape index (κ2) is 5.80. The Hall–Kier alpha value is -1.26. The summed E-state index contributed by atoms with van der Waals surface area (Å²) in [5, 5.41) is 3.59. The van der Waals surface area contributed by atoms with Gasteiger partial charge in [-0.1, -0.05) is 12.5 Å². The lowest BCUT2D eigenvalue weighted by Gasteiger charge is -2.30. The molecule has 0 amide bonds.